The van der Waals surface area contributed by atoms with Crippen LogP contribution in [0.25, 0.3) is 11.3 Å². The van der Waals surface area contributed by atoms with Crippen molar-refractivity contribution in [1.82, 2.24) is 34.9 Å². The minimum Gasteiger partial charge on any atom is -0.442 e. The zero-order valence-electron chi connectivity index (χ0n) is 26.7. The second kappa shape index (κ2) is 14.2. The van der Waals surface area contributed by atoms with Gasteiger partial charge in [0, 0.05) is 61.3 Å². The number of carbonyl (C=O) groups is 2. The maximum Gasteiger partial charge on any atom is 0.361 e. The van der Waals surface area contributed by atoms with Gasteiger partial charge in [-0.2, -0.15) is 5.10 Å². The maximum atomic E-state index is 13.4. The molecule has 250 valence electrons. The second-order valence-electron chi connectivity index (χ2n) is 12.8. The smallest absolute Gasteiger partial charge is 0.361 e. The summed E-state index contributed by atoms with van der Waals surface area (Å²) in [6.45, 7) is 6.70. The lowest BCUT2D eigenvalue weighted by Crippen LogP contribution is -2.44. The van der Waals surface area contributed by atoms with Gasteiger partial charge in [-0.3, -0.25) is 14.4 Å². The number of aromatic nitrogens is 4. The summed E-state index contributed by atoms with van der Waals surface area (Å²) in [6, 6.07) is 15.6. The SMILES string of the molecule is Nc1ncc(-c2cnn(C3CCN(CCCN4CC5CC4CN5)CC3)c2)nc1C(=O)O[C@@H](C(=O)Nc1ccc(F)cc1)c1ccccc1. The monoisotopic (exact) mass is 653 g/mol. The molecule has 2 aromatic heterocycles. The Morgan fingerprint density at radius 3 is 2.56 bits per heavy atom. The van der Waals surface area contributed by atoms with Gasteiger partial charge in [-0.05, 0) is 63.0 Å². The van der Waals surface area contributed by atoms with Gasteiger partial charge in [0.05, 0.1) is 24.1 Å². The number of nitrogens with one attached hydrogen (secondary N) is 2. The predicted octanol–water partition coefficient (Wildman–Crippen LogP) is 3.67. The lowest BCUT2D eigenvalue weighted by Gasteiger charge is -2.33. The van der Waals surface area contributed by atoms with Gasteiger partial charge in [0.1, 0.15) is 5.82 Å². The third kappa shape index (κ3) is 7.23. The molecule has 2 unspecified atom stereocenters. The number of piperidine rings is 1. The Balaban J connectivity index is 0.974. The number of anilines is 2. The van der Waals surface area contributed by atoms with Crippen molar-refractivity contribution in [2.24, 2.45) is 0 Å². The summed E-state index contributed by atoms with van der Waals surface area (Å²) in [5, 5.41) is 10.9. The summed E-state index contributed by atoms with van der Waals surface area (Å²) < 4.78 is 21.1. The van der Waals surface area contributed by atoms with E-state index < -0.39 is 23.8 Å². The van der Waals surface area contributed by atoms with Crippen LogP contribution in [0.5, 0.6) is 0 Å². The van der Waals surface area contributed by atoms with E-state index in [1.54, 1.807) is 36.5 Å². The number of nitrogen functional groups attached to an aromatic ring is 1. The van der Waals surface area contributed by atoms with Crippen LogP contribution in [-0.4, -0.2) is 92.8 Å². The Bertz CT molecular complexity index is 1730. The van der Waals surface area contributed by atoms with Gasteiger partial charge in [0.15, 0.2) is 11.5 Å². The van der Waals surface area contributed by atoms with Crippen LogP contribution in [0.15, 0.2) is 73.2 Å². The standard InChI is InChI=1S/C35H40FN9O3/c36-25-7-9-26(10-8-25)41-34(46)32(23-5-2-1-3-6-23)48-35(47)31-33(37)39-20-30(42-31)24-18-40-45(21-24)28-11-15-43(16-12-28)13-4-14-44-22-27-17-29(44)19-38-27/h1-3,5-10,18,20-21,27-29,32,38H,4,11-17,19,22H2,(H2,37,39)(H,41,46)/t27?,29?,32-/m1/s1. The molecule has 3 fully saturated rings. The van der Waals surface area contributed by atoms with Gasteiger partial charge < -0.3 is 26.0 Å². The van der Waals surface area contributed by atoms with Crippen LogP contribution in [-0.2, 0) is 9.53 Å². The van der Waals surface area contributed by atoms with Crippen LogP contribution < -0.4 is 16.4 Å². The predicted molar refractivity (Wildman–Crippen MR) is 178 cm³/mol. The lowest BCUT2D eigenvalue weighted by atomic mass is 10.0. The molecule has 3 saturated heterocycles. The molecule has 13 heteroatoms. The van der Waals surface area contributed by atoms with E-state index in [1.807, 2.05) is 10.9 Å². The van der Waals surface area contributed by atoms with Gasteiger partial charge in [-0.25, -0.2) is 19.2 Å². The Labute approximate surface area is 278 Å². The highest BCUT2D eigenvalue weighted by Crippen LogP contribution is 2.28. The fourth-order valence-corrected chi connectivity index (χ4v) is 6.99. The fraction of sp³-hybridized carbons (Fsp3) is 0.400. The summed E-state index contributed by atoms with van der Waals surface area (Å²) in [5.41, 5.74) is 7.77. The van der Waals surface area contributed by atoms with Gasteiger partial charge in [-0.15, -0.1) is 0 Å². The highest BCUT2D eigenvalue weighted by atomic mass is 19.1. The molecule has 1 amide bonds. The molecule has 3 atom stereocenters. The molecule has 0 radical (unpaired) electrons. The third-order valence-electron chi connectivity index (χ3n) is 9.59. The highest BCUT2D eigenvalue weighted by Gasteiger charge is 2.37. The molecule has 0 saturated carbocycles. The van der Waals surface area contributed by atoms with Crippen molar-refractivity contribution < 1.29 is 18.7 Å². The average Bonchev–Trinajstić information content (AvgIpc) is 3.88. The van der Waals surface area contributed by atoms with E-state index in [4.69, 9.17) is 10.5 Å². The van der Waals surface area contributed by atoms with Crippen LogP contribution in [0.1, 0.15) is 53.9 Å². The first-order valence-electron chi connectivity index (χ1n) is 16.6. The van der Waals surface area contributed by atoms with E-state index >= 15 is 0 Å². The number of hydrogen-bond acceptors (Lipinski definition) is 10. The molecule has 48 heavy (non-hydrogen) atoms. The number of likely N-dealkylation sites (tertiary alicyclic amines) is 2. The second-order valence-corrected chi connectivity index (χ2v) is 12.8. The molecular formula is C35H40FN9O3. The van der Waals surface area contributed by atoms with Crippen molar-refractivity contribution in [2.75, 3.05) is 50.3 Å². The molecule has 5 heterocycles. The van der Waals surface area contributed by atoms with Crippen LogP contribution in [0.3, 0.4) is 0 Å². The molecule has 4 aromatic rings. The van der Waals surface area contributed by atoms with Gasteiger partial charge in [0.25, 0.3) is 5.91 Å². The van der Waals surface area contributed by atoms with E-state index in [9.17, 15) is 14.0 Å². The number of halogens is 1. The minimum absolute atomic E-state index is 0.122. The van der Waals surface area contributed by atoms with E-state index in [2.05, 4.69) is 35.5 Å². The normalized spacial score (nSPS) is 20.5. The zero-order valence-corrected chi connectivity index (χ0v) is 26.7. The number of rotatable bonds is 11. The number of amides is 1. The van der Waals surface area contributed by atoms with E-state index in [0.29, 0.717) is 28.6 Å². The Morgan fingerprint density at radius 1 is 1.04 bits per heavy atom. The first-order valence-corrected chi connectivity index (χ1v) is 16.6. The lowest BCUT2D eigenvalue weighted by molar-refractivity contribution is -0.125. The molecule has 3 aliphatic rings. The van der Waals surface area contributed by atoms with E-state index in [1.165, 1.54) is 56.4 Å². The first-order chi connectivity index (χ1) is 23.4. The van der Waals surface area contributed by atoms with Gasteiger partial charge >= 0.3 is 5.97 Å². The number of carbonyl (C=O) groups excluding carboxylic acids is 2. The molecule has 2 bridgehead atoms. The van der Waals surface area contributed by atoms with Crippen molar-refractivity contribution in [3.63, 3.8) is 0 Å². The van der Waals surface area contributed by atoms with Crippen LogP contribution >= 0.6 is 0 Å². The largest absolute Gasteiger partial charge is 0.442 e. The van der Waals surface area contributed by atoms with Crippen molar-refractivity contribution >= 4 is 23.4 Å². The van der Waals surface area contributed by atoms with Gasteiger partial charge in [0.2, 0.25) is 6.10 Å². The molecule has 4 N–H and O–H groups in total. The summed E-state index contributed by atoms with van der Waals surface area (Å²) >= 11 is 0. The molecule has 7 rings (SSSR count). The zero-order chi connectivity index (χ0) is 33.0. The highest BCUT2D eigenvalue weighted by molar-refractivity contribution is 5.99. The molecule has 0 aliphatic carbocycles. The van der Waals surface area contributed by atoms with Crippen molar-refractivity contribution in [3.05, 3.63) is 90.3 Å². The summed E-state index contributed by atoms with van der Waals surface area (Å²) in [6.07, 6.45) is 8.32. The summed E-state index contributed by atoms with van der Waals surface area (Å²) in [5.74, 6) is -2.08. The first kappa shape index (κ1) is 31.9. The van der Waals surface area contributed by atoms with Crippen molar-refractivity contribution in [2.45, 2.75) is 49.9 Å². The van der Waals surface area contributed by atoms with E-state index in [0.717, 1.165) is 45.1 Å². The number of ether oxygens (including phenoxy) is 1. The quantitative estimate of drug-likeness (QED) is 0.205. The molecule has 2 aromatic carbocycles. The van der Waals surface area contributed by atoms with E-state index in [-0.39, 0.29) is 17.6 Å². The van der Waals surface area contributed by atoms with Crippen LogP contribution in [0.4, 0.5) is 15.9 Å². The molecule has 12 nitrogen and oxygen atoms in total. The maximum absolute atomic E-state index is 13.4. The number of esters is 1. The Morgan fingerprint density at radius 2 is 1.83 bits per heavy atom. The van der Waals surface area contributed by atoms with Crippen molar-refractivity contribution in [1.29, 1.82) is 0 Å². The third-order valence-corrected chi connectivity index (χ3v) is 9.59. The minimum atomic E-state index is -1.32. The number of nitrogens with zero attached hydrogens (tertiary/aromatic N) is 6. The number of benzene rings is 2. The summed E-state index contributed by atoms with van der Waals surface area (Å²) in [4.78, 5) is 40.6. The molecular weight excluding hydrogens is 613 g/mol. The average molecular weight is 654 g/mol. The molecule has 0 spiro atoms. The topological polar surface area (TPSA) is 144 Å². The number of fused-ring (bicyclic) bond motifs is 2. The summed E-state index contributed by atoms with van der Waals surface area (Å²) in [7, 11) is 0. The number of hydrogen-bond donors (Lipinski definition) is 3. The van der Waals surface area contributed by atoms with Crippen molar-refractivity contribution in [3.8, 4) is 11.3 Å². The van der Waals surface area contributed by atoms with Gasteiger partial charge in [-0.1, -0.05) is 30.3 Å². The van der Waals surface area contributed by atoms with Crippen LogP contribution in [0, 0.1) is 5.82 Å². The Kier molecular flexibility index (Phi) is 9.41. The number of nitrogens with two attached hydrogens (primary N) is 1. The molecule has 3 aliphatic heterocycles. The number of piperazine rings is 1. The van der Waals surface area contributed by atoms with Crippen LogP contribution in [0.2, 0.25) is 0 Å². The Hall–Kier alpha value is -4.72. The fourth-order valence-electron chi connectivity index (χ4n) is 6.99.